The van der Waals surface area contributed by atoms with Gasteiger partial charge in [0.1, 0.15) is 0 Å². The van der Waals surface area contributed by atoms with Gasteiger partial charge >= 0.3 is 0 Å². The lowest BCUT2D eigenvalue weighted by Crippen LogP contribution is -1.98. The van der Waals surface area contributed by atoms with Gasteiger partial charge in [0.25, 0.3) is 0 Å². The number of rotatable bonds is 1. The van der Waals surface area contributed by atoms with E-state index < -0.39 is 0 Å². The maximum absolute atomic E-state index is 5.10. The van der Waals surface area contributed by atoms with Crippen molar-refractivity contribution in [1.82, 2.24) is 25.0 Å². The second-order valence-corrected chi connectivity index (χ2v) is 4.13. The van der Waals surface area contributed by atoms with E-state index >= 15 is 0 Å². The Hall–Kier alpha value is -2.08. The molecule has 0 aliphatic rings. The normalized spacial score (nSPS) is 10.9. The molecule has 0 spiro atoms. The average molecular weight is 243 g/mol. The minimum atomic E-state index is 0.456. The number of hydrogen-bond acceptors (Lipinski definition) is 4. The van der Waals surface area contributed by atoms with Gasteiger partial charge in [0.2, 0.25) is 0 Å². The first-order chi connectivity index (χ1) is 8.25. The smallest absolute Gasteiger partial charge is 0.167 e. The van der Waals surface area contributed by atoms with Gasteiger partial charge < -0.3 is 4.98 Å². The molecule has 0 saturated heterocycles. The summed E-state index contributed by atoms with van der Waals surface area (Å²) in [6.45, 7) is 2.03. The van der Waals surface area contributed by atoms with Gasteiger partial charge in [0, 0.05) is 0 Å². The lowest BCUT2D eigenvalue weighted by Gasteiger charge is -2.02. The highest BCUT2D eigenvalue weighted by Gasteiger charge is 2.08. The molecule has 0 aliphatic carbocycles. The molecule has 5 nitrogen and oxygen atoms in total. The predicted molar refractivity (Wildman–Crippen MR) is 66.6 cm³/mol. The Morgan fingerprint density at radius 3 is 3.06 bits per heavy atom. The molecule has 1 N–H and O–H groups in total. The van der Waals surface area contributed by atoms with Crippen LogP contribution in [-0.4, -0.2) is 25.0 Å². The third-order valence-corrected chi connectivity index (χ3v) is 2.80. The molecule has 0 amide bonds. The van der Waals surface area contributed by atoms with Crippen molar-refractivity contribution in [2.75, 3.05) is 0 Å². The Labute approximate surface area is 102 Å². The first-order valence-electron chi connectivity index (χ1n) is 5.12. The fourth-order valence-electron chi connectivity index (χ4n) is 1.71. The summed E-state index contributed by atoms with van der Waals surface area (Å²) in [6.07, 6.45) is 1.56. The molecule has 0 radical (unpaired) electrons. The molecule has 3 rings (SSSR count). The molecule has 2 aromatic heterocycles. The number of hydrogen-bond donors (Lipinski definition) is 1. The molecule has 3 aromatic rings. The van der Waals surface area contributed by atoms with E-state index in [1.165, 1.54) is 5.56 Å². The summed E-state index contributed by atoms with van der Waals surface area (Å²) in [7, 11) is 0. The fourth-order valence-corrected chi connectivity index (χ4v) is 1.90. The standard InChI is InChI=1S/C11H9N5S/c1-7-3-2-4-8(5-7)16-10-9(14-15-16)11(17)13-6-12-10/h2-6H,1H3,(H,12,13,17). The van der Waals surface area contributed by atoms with Crippen LogP contribution >= 0.6 is 12.2 Å². The number of fused-ring (bicyclic) bond motifs is 1. The van der Waals surface area contributed by atoms with Crippen LogP contribution in [0, 0.1) is 11.6 Å². The summed E-state index contributed by atoms with van der Waals surface area (Å²) in [5.41, 5.74) is 3.49. The Morgan fingerprint density at radius 2 is 2.24 bits per heavy atom. The van der Waals surface area contributed by atoms with Gasteiger partial charge in [0.05, 0.1) is 12.0 Å². The van der Waals surface area contributed by atoms with Crippen LogP contribution in [0.15, 0.2) is 30.6 Å². The van der Waals surface area contributed by atoms with E-state index in [1.807, 2.05) is 31.2 Å². The Kier molecular flexibility index (Phi) is 2.22. The number of nitrogens with zero attached hydrogens (tertiary/aromatic N) is 4. The van der Waals surface area contributed by atoms with Crippen LogP contribution < -0.4 is 0 Å². The minimum absolute atomic E-state index is 0.456. The van der Waals surface area contributed by atoms with Gasteiger partial charge in [-0.1, -0.05) is 29.6 Å². The Morgan fingerprint density at radius 1 is 1.35 bits per heavy atom. The molecular formula is C11H9N5S. The molecule has 84 valence electrons. The maximum atomic E-state index is 5.10. The zero-order valence-corrected chi connectivity index (χ0v) is 9.90. The average Bonchev–Trinajstić information content (AvgIpc) is 2.74. The van der Waals surface area contributed by atoms with Crippen LogP contribution in [0.1, 0.15) is 5.56 Å². The van der Waals surface area contributed by atoms with Crippen molar-refractivity contribution in [3.63, 3.8) is 0 Å². The van der Waals surface area contributed by atoms with Crippen LogP contribution in [-0.2, 0) is 0 Å². The van der Waals surface area contributed by atoms with Gasteiger partial charge in [-0.3, -0.25) is 0 Å². The van der Waals surface area contributed by atoms with E-state index in [0.29, 0.717) is 10.2 Å². The molecule has 0 atom stereocenters. The monoisotopic (exact) mass is 243 g/mol. The number of aromatic nitrogens is 5. The number of nitrogens with one attached hydrogen (secondary N) is 1. The molecule has 17 heavy (non-hydrogen) atoms. The van der Waals surface area contributed by atoms with Crippen molar-refractivity contribution in [3.05, 3.63) is 40.8 Å². The number of benzene rings is 1. The van der Waals surface area contributed by atoms with Crippen LogP contribution in [0.4, 0.5) is 0 Å². The van der Waals surface area contributed by atoms with Crippen molar-refractivity contribution in [1.29, 1.82) is 0 Å². The van der Waals surface area contributed by atoms with E-state index in [-0.39, 0.29) is 0 Å². The highest BCUT2D eigenvalue weighted by Crippen LogP contribution is 2.14. The SMILES string of the molecule is Cc1cccc(-n2nnc3c(=S)nc[nH]c32)c1. The molecule has 1 aromatic carbocycles. The first kappa shape index (κ1) is 10.1. The minimum Gasteiger partial charge on any atom is -0.329 e. The molecule has 0 fully saturated rings. The van der Waals surface area contributed by atoms with Crippen LogP contribution in [0.2, 0.25) is 0 Å². The molecular weight excluding hydrogens is 234 g/mol. The van der Waals surface area contributed by atoms with Crippen LogP contribution in [0.3, 0.4) is 0 Å². The van der Waals surface area contributed by atoms with Crippen LogP contribution in [0.5, 0.6) is 0 Å². The van der Waals surface area contributed by atoms with Crippen molar-refractivity contribution in [2.45, 2.75) is 6.92 Å². The van der Waals surface area contributed by atoms with Crippen molar-refractivity contribution < 1.29 is 0 Å². The maximum Gasteiger partial charge on any atom is 0.167 e. The zero-order valence-electron chi connectivity index (χ0n) is 9.08. The lowest BCUT2D eigenvalue weighted by atomic mass is 10.2. The van der Waals surface area contributed by atoms with Gasteiger partial charge in [-0.2, -0.15) is 4.68 Å². The van der Waals surface area contributed by atoms with Crippen molar-refractivity contribution in [3.8, 4) is 5.69 Å². The molecule has 6 heteroatoms. The summed E-state index contributed by atoms with van der Waals surface area (Å²) in [5, 5.41) is 8.14. The van der Waals surface area contributed by atoms with Gasteiger partial charge in [0.15, 0.2) is 15.8 Å². The van der Waals surface area contributed by atoms with Crippen LogP contribution in [0.25, 0.3) is 16.9 Å². The summed E-state index contributed by atoms with van der Waals surface area (Å²) >= 11 is 5.10. The van der Waals surface area contributed by atoms with Gasteiger partial charge in [-0.05, 0) is 24.6 Å². The second-order valence-electron chi connectivity index (χ2n) is 3.75. The summed E-state index contributed by atoms with van der Waals surface area (Å²) in [4.78, 5) is 6.99. The third kappa shape index (κ3) is 1.62. The van der Waals surface area contributed by atoms with E-state index in [4.69, 9.17) is 12.2 Å². The first-order valence-corrected chi connectivity index (χ1v) is 5.53. The highest BCUT2D eigenvalue weighted by molar-refractivity contribution is 7.71. The van der Waals surface area contributed by atoms with E-state index in [1.54, 1.807) is 11.0 Å². The predicted octanol–water partition coefficient (Wildman–Crippen LogP) is 2.18. The molecule has 0 aliphatic heterocycles. The molecule has 0 unspecified atom stereocenters. The van der Waals surface area contributed by atoms with Crippen molar-refractivity contribution in [2.24, 2.45) is 0 Å². The molecule has 2 heterocycles. The highest BCUT2D eigenvalue weighted by atomic mass is 32.1. The van der Waals surface area contributed by atoms with E-state index in [0.717, 1.165) is 11.3 Å². The Bertz CT molecular complexity index is 743. The van der Waals surface area contributed by atoms with Gasteiger partial charge in [-0.25, -0.2) is 4.98 Å². The number of aromatic amines is 1. The van der Waals surface area contributed by atoms with E-state index in [2.05, 4.69) is 20.3 Å². The fraction of sp³-hybridized carbons (Fsp3) is 0.0909. The summed E-state index contributed by atoms with van der Waals surface area (Å²) < 4.78 is 2.18. The molecule has 0 bridgehead atoms. The summed E-state index contributed by atoms with van der Waals surface area (Å²) in [6, 6.07) is 8.02. The number of aryl methyl sites for hydroxylation is 1. The van der Waals surface area contributed by atoms with Gasteiger partial charge in [-0.15, -0.1) is 5.10 Å². The molecule has 0 saturated carbocycles. The second kappa shape index (κ2) is 3.74. The Balaban J connectivity index is 2.32. The zero-order chi connectivity index (χ0) is 11.8. The quantitative estimate of drug-likeness (QED) is 0.665. The topological polar surface area (TPSA) is 59.4 Å². The largest absolute Gasteiger partial charge is 0.329 e. The third-order valence-electron chi connectivity index (χ3n) is 2.50. The van der Waals surface area contributed by atoms with E-state index in [9.17, 15) is 0 Å². The number of H-pyrrole nitrogens is 1. The summed E-state index contributed by atoms with van der Waals surface area (Å²) in [5.74, 6) is 0. The van der Waals surface area contributed by atoms with Crippen molar-refractivity contribution >= 4 is 23.4 Å². The lowest BCUT2D eigenvalue weighted by molar-refractivity contribution is 0.816.